The average Bonchev–Trinajstić information content (AvgIpc) is 2.37. The van der Waals surface area contributed by atoms with Crippen LogP contribution in [-0.4, -0.2) is 51.4 Å². The summed E-state index contributed by atoms with van der Waals surface area (Å²) in [6, 6.07) is 0. The summed E-state index contributed by atoms with van der Waals surface area (Å²) in [6.45, 7) is -0.360. The maximum atomic E-state index is 9.92. The lowest BCUT2D eigenvalue weighted by molar-refractivity contribution is -0.200. The molecule has 99 valence electrons. The molecule has 17 heavy (non-hydrogen) atoms. The fourth-order valence-electron chi connectivity index (χ4n) is 2.76. The van der Waals surface area contributed by atoms with E-state index in [1.54, 1.807) is 0 Å². The van der Waals surface area contributed by atoms with E-state index in [2.05, 4.69) is 0 Å². The highest BCUT2D eigenvalue weighted by molar-refractivity contribution is 5.05. The van der Waals surface area contributed by atoms with Gasteiger partial charge >= 0.3 is 0 Å². The van der Waals surface area contributed by atoms with Crippen molar-refractivity contribution in [2.24, 2.45) is 5.92 Å². The highest BCUT2D eigenvalue weighted by Crippen LogP contribution is 2.38. The van der Waals surface area contributed by atoms with Gasteiger partial charge in [0.1, 0.15) is 30.5 Å². The number of hydrogen-bond acceptors (Lipinski definition) is 5. The van der Waals surface area contributed by atoms with Crippen molar-refractivity contribution in [2.75, 3.05) is 6.61 Å². The van der Waals surface area contributed by atoms with Gasteiger partial charge in [0.15, 0.2) is 0 Å². The van der Waals surface area contributed by atoms with Gasteiger partial charge in [-0.2, -0.15) is 0 Å². The predicted molar refractivity (Wildman–Crippen MR) is 59.8 cm³/mol. The lowest BCUT2D eigenvalue weighted by Gasteiger charge is -2.43. The zero-order valence-electron chi connectivity index (χ0n) is 9.83. The molecule has 2 aliphatic rings. The van der Waals surface area contributed by atoms with E-state index < -0.39 is 24.4 Å². The summed E-state index contributed by atoms with van der Waals surface area (Å²) in [5.41, 5.74) is 0. The van der Waals surface area contributed by atoms with Gasteiger partial charge in [0.25, 0.3) is 0 Å². The Hall–Kier alpha value is -0.200. The molecule has 1 saturated heterocycles. The highest BCUT2D eigenvalue weighted by Gasteiger charge is 2.46. The second-order valence-corrected chi connectivity index (χ2v) is 5.00. The maximum absolute atomic E-state index is 9.92. The van der Waals surface area contributed by atoms with Crippen LogP contribution in [0, 0.1) is 12.0 Å². The van der Waals surface area contributed by atoms with Crippen molar-refractivity contribution in [3.05, 3.63) is 6.10 Å². The largest absolute Gasteiger partial charge is 0.394 e. The first-order valence-electron chi connectivity index (χ1n) is 6.33. The van der Waals surface area contributed by atoms with Gasteiger partial charge < -0.3 is 25.2 Å². The van der Waals surface area contributed by atoms with E-state index in [1.165, 1.54) is 6.42 Å². The zero-order valence-corrected chi connectivity index (χ0v) is 9.83. The van der Waals surface area contributed by atoms with Crippen LogP contribution in [0.1, 0.15) is 32.1 Å². The van der Waals surface area contributed by atoms with E-state index in [9.17, 15) is 15.3 Å². The molecule has 1 aliphatic heterocycles. The lowest BCUT2D eigenvalue weighted by atomic mass is 9.80. The zero-order chi connectivity index (χ0) is 12.4. The van der Waals surface area contributed by atoms with Crippen LogP contribution in [-0.2, 0) is 4.74 Å². The number of hydrogen-bond donors (Lipinski definition) is 4. The highest BCUT2D eigenvalue weighted by atomic mass is 16.5. The van der Waals surface area contributed by atoms with Crippen molar-refractivity contribution in [3.63, 3.8) is 0 Å². The molecule has 2 rings (SSSR count). The van der Waals surface area contributed by atoms with Crippen LogP contribution in [0.3, 0.4) is 0 Å². The van der Waals surface area contributed by atoms with Crippen LogP contribution in [0.25, 0.3) is 0 Å². The molecule has 0 aromatic heterocycles. The summed E-state index contributed by atoms with van der Waals surface area (Å²) in [6.07, 6.45) is 1.22. The molecule has 4 N–H and O–H groups in total. The second-order valence-electron chi connectivity index (χ2n) is 5.00. The van der Waals surface area contributed by atoms with Gasteiger partial charge in [-0.05, 0) is 18.8 Å². The molecule has 0 aromatic rings. The van der Waals surface area contributed by atoms with Crippen LogP contribution in [0.4, 0.5) is 0 Å². The van der Waals surface area contributed by atoms with Gasteiger partial charge in [0.05, 0.1) is 6.61 Å². The molecule has 2 fully saturated rings. The van der Waals surface area contributed by atoms with E-state index in [0.717, 1.165) is 25.7 Å². The Morgan fingerprint density at radius 2 is 1.65 bits per heavy atom. The minimum absolute atomic E-state index is 0.134. The van der Waals surface area contributed by atoms with Crippen molar-refractivity contribution in [2.45, 2.75) is 56.5 Å². The Labute approximate surface area is 101 Å². The Morgan fingerprint density at radius 1 is 1.00 bits per heavy atom. The molecule has 1 aliphatic carbocycles. The van der Waals surface area contributed by atoms with Crippen LogP contribution < -0.4 is 0 Å². The molecule has 0 unspecified atom stereocenters. The molecule has 5 nitrogen and oxygen atoms in total. The van der Waals surface area contributed by atoms with Crippen molar-refractivity contribution < 1.29 is 25.2 Å². The second kappa shape index (κ2) is 5.63. The van der Waals surface area contributed by atoms with Gasteiger partial charge in [0, 0.05) is 0 Å². The molecule has 1 heterocycles. The molecule has 1 saturated carbocycles. The first-order chi connectivity index (χ1) is 8.15. The Balaban J connectivity index is 2.04. The standard InChI is InChI=1S/C12H21O5/c13-6-8-9(14)10(15)11(16)12(17-8)7-4-2-1-3-5-7/h7-11,13-16H,1-6H2/t8-,9-,10+,11-/m1/s1. The van der Waals surface area contributed by atoms with Crippen LogP contribution in [0.2, 0.25) is 0 Å². The van der Waals surface area contributed by atoms with E-state index >= 15 is 0 Å². The molecule has 1 radical (unpaired) electrons. The van der Waals surface area contributed by atoms with E-state index in [1.807, 2.05) is 0 Å². The van der Waals surface area contributed by atoms with Gasteiger partial charge in [-0.15, -0.1) is 0 Å². The lowest BCUT2D eigenvalue weighted by Crippen LogP contribution is -2.56. The average molecular weight is 245 g/mol. The van der Waals surface area contributed by atoms with Crippen molar-refractivity contribution in [1.29, 1.82) is 0 Å². The summed E-state index contributed by atoms with van der Waals surface area (Å²) in [7, 11) is 0. The molecule has 0 aromatic carbocycles. The van der Waals surface area contributed by atoms with E-state index in [-0.39, 0.29) is 12.5 Å². The molecular formula is C12H21O5. The van der Waals surface area contributed by atoms with E-state index in [4.69, 9.17) is 9.84 Å². The maximum Gasteiger partial charge on any atom is 0.132 e. The van der Waals surface area contributed by atoms with Crippen molar-refractivity contribution in [1.82, 2.24) is 0 Å². The van der Waals surface area contributed by atoms with Crippen LogP contribution >= 0.6 is 0 Å². The third-order valence-corrected chi connectivity index (χ3v) is 3.82. The SMILES string of the molecule is OC[C@H]1O[C](C2CCCCC2)[C@H](O)[C@@H](O)[C@@H]1O. The number of aliphatic hydroxyl groups excluding tert-OH is 4. The fraction of sp³-hybridized carbons (Fsp3) is 0.917. The summed E-state index contributed by atoms with van der Waals surface area (Å²) in [4.78, 5) is 0. The van der Waals surface area contributed by atoms with Crippen molar-refractivity contribution >= 4 is 0 Å². The van der Waals surface area contributed by atoms with E-state index in [0.29, 0.717) is 6.10 Å². The Morgan fingerprint density at radius 3 is 2.24 bits per heavy atom. The smallest absolute Gasteiger partial charge is 0.132 e. The molecule has 4 atom stereocenters. The summed E-state index contributed by atoms with van der Waals surface area (Å²) < 4.78 is 5.48. The Bertz CT molecular complexity index is 237. The van der Waals surface area contributed by atoms with Crippen LogP contribution in [0.15, 0.2) is 0 Å². The third-order valence-electron chi connectivity index (χ3n) is 3.82. The van der Waals surface area contributed by atoms with Gasteiger partial charge in [-0.3, -0.25) is 0 Å². The summed E-state index contributed by atoms with van der Waals surface area (Å²) >= 11 is 0. The third kappa shape index (κ3) is 2.63. The summed E-state index contributed by atoms with van der Waals surface area (Å²) in [5, 5.41) is 38.4. The fourth-order valence-corrected chi connectivity index (χ4v) is 2.76. The predicted octanol–water partition coefficient (Wildman–Crippen LogP) is -0.428. The molecule has 0 spiro atoms. The van der Waals surface area contributed by atoms with Crippen molar-refractivity contribution in [3.8, 4) is 0 Å². The minimum Gasteiger partial charge on any atom is -0.394 e. The topological polar surface area (TPSA) is 90.2 Å². The first-order valence-corrected chi connectivity index (χ1v) is 6.33. The molecular weight excluding hydrogens is 224 g/mol. The van der Waals surface area contributed by atoms with Gasteiger partial charge in [-0.25, -0.2) is 0 Å². The minimum atomic E-state index is -1.27. The monoisotopic (exact) mass is 245 g/mol. The number of aliphatic hydroxyl groups is 4. The first kappa shape index (κ1) is 13.2. The Kier molecular flexibility index (Phi) is 4.38. The normalized spacial score (nSPS) is 41.6. The number of rotatable bonds is 2. The molecule has 5 heteroatoms. The molecule has 0 amide bonds. The van der Waals surface area contributed by atoms with Gasteiger partial charge in [-0.1, -0.05) is 19.3 Å². The van der Waals surface area contributed by atoms with Gasteiger partial charge in [0.2, 0.25) is 0 Å². The van der Waals surface area contributed by atoms with Crippen LogP contribution in [0.5, 0.6) is 0 Å². The molecule has 0 bridgehead atoms. The summed E-state index contributed by atoms with van der Waals surface area (Å²) in [5.74, 6) is 0.134. The number of ether oxygens (including phenoxy) is 1. The quantitative estimate of drug-likeness (QED) is 0.530.